The summed E-state index contributed by atoms with van der Waals surface area (Å²) in [4.78, 5) is 38.9. The van der Waals surface area contributed by atoms with E-state index in [4.69, 9.17) is 4.98 Å². The Bertz CT molecular complexity index is 1060. The van der Waals surface area contributed by atoms with Gasteiger partial charge in [0.25, 0.3) is 5.91 Å². The molecule has 3 amide bonds. The molecule has 0 saturated carbocycles. The van der Waals surface area contributed by atoms with Gasteiger partial charge in [-0.1, -0.05) is 6.07 Å². The number of fused-ring (bicyclic) bond motifs is 2. The van der Waals surface area contributed by atoms with Gasteiger partial charge in [0.15, 0.2) is 0 Å². The number of carbonyl (C=O) groups is 2. The highest BCUT2D eigenvalue weighted by Crippen LogP contribution is 2.37. The Labute approximate surface area is 194 Å². The molecule has 33 heavy (non-hydrogen) atoms. The molecule has 2 aliphatic rings. The molecular weight excluding hydrogens is 420 g/mol. The van der Waals surface area contributed by atoms with Crippen molar-refractivity contribution in [2.45, 2.75) is 45.2 Å². The van der Waals surface area contributed by atoms with Gasteiger partial charge in [-0.05, 0) is 65.9 Å². The number of para-hydroxylation sites is 1. The van der Waals surface area contributed by atoms with E-state index in [1.165, 1.54) is 0 Å². The van der Waals surface area contributed by atoms with E-state index in [-0.39, 0.29) is 17.5 Å². The first-order valence-corrected chi connectivity index (χ1v) is 11.2. The van der Waals surface area contributed by atoms with Crippen LogP contribution in [0.15, 0.2) is 24.4 Å². The number of nitrogens with zero attached hydrogens (tertiary/aromatic N) is 4. The lowest BCUT2D eigenvalue weighted by atomic mass is 10.0. The Hall–Kier alpha value is -3.40. The van der Waals surface area contributed by atoms with Gasteiger partial charge >= 0.3 is 6.03 Å². The zero-order valence-electron chi connectivity index (χ0n) is 19.8. The van der Waals surface area contributed by atoms with Crippen molar-refractivity contribution in [1.82, 2.24) is 20.2 Å². The fourth-order valence-corrected chi connectivity index (χ4v) is 4.05. The average Bonchev–Trinajstić information content (AvgIpc) is 2.88. The molecule has 1 aromatic carbocycles. The molecule has 0 spiro atoms. The van der Waals surface area contributed by atoms with E-state index < -0.39 is 0 Å². The highest BCUT2D eigenvalue weighted by atomic mass is 16.2. The van der Waals surface area contributed by atoms with E-state index in [0.717, 1.165) is 25.9 Å². The van der Waals surface area contributed by atoms with Crippen LogP contribution in [0.2, 0.25) is 0 Å². The number of piperidine rings is 1. The highest BCUT2D eigenvalue weighted by Gasteiger charge is 2.27. The molecule has 2 aromatic rings. The fourth-order valence-electron chi connectivity index (χ4n) is 4.05. The summed E-state index contributed by atoms with van der Waals surface area (Å²) >= 11 is 0. The van der Waals surface area contributed by atoms with Gasteiger partial charge in [0, 0.05) is 24.8 Å². The second kappa shape index (κ2) is 8.86. The van der Waals surface area contributed by atoms with Crippen molar-refractivity contribution in [1.29, 1.82) is 0 Å². The Morgan fingerprint density at radius 1 is 1.21 bits per heavy atom. The number of hydrogen-bond donors (Lipinski definition) is 4. The molecule has 1 fully saturated rings. The van der Waals surface area contributed by atoms with Crippen molar-refractivity contribution in [2.24, 2.45) is 0 Å². The normalized spacial score (nSPS) is 16.6. The minimum absolute atomic E-state index is 0.305. The molecule has 0 radical (unpaired) electrons. The topological polar surface area (TPSA) is 115 Å². The fraction of sp³-hybridized carbons (Fsp3) is 0.478. The first-order valence-electron chi connectivity index (χ1n) is 11.2. The van der Waals surface area contributed by atoms with Crippen molar-refractivity contribution in [3.8, 4) is 0 Å². The van der Waals surface area contributed by atoms with Crippen molar-refractivity contribution in [2.75, 3.05) is 48.0 Å². The third-order valence-electron chi connectivity index (χ3n) is 5.86. The van der Waals surface area contributed by atoms with Crippen LogP contribution in [0.5, 0.6) is 0 Å². The van der Waals surface area contributed by atoms with Crippen molar-refractivity contribution < 1.29 is 9.59 Å². The molecule has 2 aliphatic heterocycles. The second-order valence-electron chi connectivity index (χ2n) is 9.71. The molecule has 4 N–H and O–H groups in total. The van der Waals surface area contributed by atoms with E-state index in [9.17, 15) is 9.59 Å². The molecule has 0 atom stereocenters. The maximum absolute atomic E-state index is 12.9. The van der Waals surface area contributed by atoms with Crippen LogP contribution in [0.4, 0.5) is 33.6 Å². The molecule has 1 aromatic heterocycles. The Kier molecular flexibility index (Phi) is 6.11. The van der Waals surface area contributed by atoms with Gasteiger partial charge < -0.3 is 31.1 Å². The predicted octanol–water partition coefficient (Wildman–Crippen LogP) is 3.24. The molecule has 4 rings (SSSR count). The summed E-state index contributed by atoms with van der Waals surface area (Å²) in [5, 5.41) is 11.9. The van der Waals surface area contributed by atoms with Gasteiger partial charge in [0.1, 0.15) is 11.4 Å². The minimum Gasteiger partial charge on any atom is -0.341 e. The maximum Gasteiger partial charge on any atom is 0.319 e. The van der Waals surface area contributed by atoms with E-state index in [2.05, 4.69) is 43.1 Å². The van der Waals surface area contributed by atoms with E-state index in [1.54, 1.807) is 24.4 Å². The lowest BCUT2D eigenvalue weighted by Crippen LogP contribution is -2.43. The molecule has 0 bridgehead atoms. The number of aromatic nitrogens is 2. The van der Waals surface area contributed by atoms with Crippen LogP contribution >= 0.6 is 0 Å². The average molecular weight is 453 g/mol. The summed E-state index contributed by atoms with van der Waals surface area (Å²) in [6, 6.07) is 5.33. The van der Waals surface area contributed by atoms with E-state index in [1.807, 2.05) is 27.8 Å². The van der Waals surface area contributed by atoms with E-state index >= 15 is 0 Å². The molecular formula is C23H32N8O2. The predicted molar refractivity (Wildman–Crippen MR) is 131 cm³/mol. The molecule has 0 unspecified atom stereocenters. The summed E-state index contributed by atoms with van der Waals surface area (Å²) in [6.07, 6.45) is 3.61. The van der Waals surface area contributed by atoms with Crippen LogP contribution in [-0.2, 0) is 0 Å². The molecule has 0 aliphatic carbocycles. The number of rotatable bonds is 3. The lowest BCUT2D eigenvalue weighted by molar-refractivity contribution is 0.102. The SMILES string of the molecule is CN1CCC(N(C)c2ncc3c(n2)Nc2c(NC(=O)NC(C)(C)C)cccc2NC3=O)CC1. The van der Waals surface area contributed by atoms with Crippen molar-refractivity contribution >= 4 is 40.8 Å². The number of nitrogens with one attached hydrogen (secondary N) is 4. The summed E-state index contributed by atoms with van der Waals surface area (Å²) in [6.45, 7) is 7.78. The van der Waals surface area contributed by atoms with Crippen LogP contribution < -0.4 is 26.2 Å². The number of carbonyl (C=O) groups excluding carboxylic acids is 2. The molecule has 176 valence electrons. The standard InChI is InChI=1S/C23H32N8O2/c1-23(2,3)29-22(33)26-17-8-6-7-16-18(17)27-19-15(20(32)25-16)13-24-21(28-19)31(5)14-9-11-30(4)12-10-14/h6-8,13-14H,9-12H2,1-5H3,(H,25,32)(H,24,27,28)(H2,26,29,33). The van der Waals surface area contributed by atoms with Gasteiger partial charge in [-0.25, -0.2) is 9.78 Å². The van der Waals surface area contributed by atoms with Gasteiger partial charge in [0.2, 0.25) is 5.95 Å². The number of anilines is 5. The minimum atomic E-state index is -0.384. The van der Waals surface area contributed by atoms with Gasteiger partial charge in [-0.15, -0.1) is 0 Å². The molecule has 3 heterocycles. The largest absolute Gasteiger partial charge is 0.341 e. The van der Waals surface area contributed by atoms with Crippen LogP contribution in [0.1, 0.15) is 44.0 Å². The zero-order valence-corrected chi connectivity index (χ0v) is 19.8. The number of amides is 3. The van der Waals surface area contributed by atoms with Gasteiger partial charge in [0.05, 0.1) is 17.1 Å². The summed E-state index contributed by atoms with van der Waals surface area (Å²) < 4.78 is 0. The number of urea groups is 1. The first-order chi connectivity index (χ1) is 15.6. The van der Waals surface area contributed by atoms with Crippen LogP contribution in [0.3, 0.4) is 0 Å². The highest BCUT2D eigenvalue weighted by molar-refractivity contribution is 6.13. The van der Waals surface area contributed by atoms with E-state index in [0.29, 0.717) is 40.4 Å². The smallest absolute Gasteiger partial charge is 0.319 e. The third-order valence-corrected chi connectivity index (χ3v) is 5.86. The Balaban J connectivity index is 1.62. The number of hydrogen-bond acceptors (Lipinski definition) is 7. The second-order valence-corrected chi connectivity index (χ2v) is 9.71. The maximum atomic E-state index is 12.9. The van der Waals surface area contributed by atoms with Crippen molar-refractivity contribution in [3.63, 3.8) is 0 Å². The summed E-state index contributed by atoms with van der Waals surface area (Å²) in [7, 11) is 4.12. The van der Waals surface area contributed by atoms with Gasteiger partial charge in [-0.3, -0.25) is 4.79 Å². The van der Waals surface area contributed by atoms with Crippen LogP contribution in [0.25, 0.3) is 0 Å². The zero-order chi connectivity index (χ0) is 23.8. The quantitative estimate of drug-likeness (QED) is 0.565. The Morgan fingerprint density at radius 3 is 2.64 bits per heavy atom. The number of benzene rings is 1. The summed E-state index contributed by atoms with van der Waals surface area (Å²) in [5.74, 6) is 0.658. The van der Waals surface area contributed by atoms with Crippen LogP contribution in [-0.4, -0.2) is 65.6 Å². The first kappa shape index (κ1) is 22.8. The summed E-state index contributed by atoms with van der Waals surface area (Å²) in [5.41, 5.74) is 1.62. The molecule has 10 nitrogen and oxygen atoms in total. The molecule has 10 heteroatoms. The van der Waals surface area contributed by atoms with Crippen LogP contribution in [0, 0.1) is 0 Å². The number of likely N-dealkylation sites (tertiary alicyclic amines) is 1. The van der Waals surface area contributed by atoms with Gasteiger partial charge in [-0.2, -0.15) is 4.98 Å². The lowest BCUT2D eigenvalue weighted by Gasteiger charge is -2.35. The Morgan fingerprint density at radius 2 is 1.94 bits per heavy atom. The van der Waals surface area contributed by atoms with Crippen molar-refractivity contribution in [3.05, 3.63) is 30.0 Å². The monoisotopic (exact) mass is 452 g/mol. The third kappa shape index (κ3) is 5.16. The molecule has 1 saturated heterocycles.